The number of carbonyl (C=O) groups is 2. The largest absolute Gasteiger partial charge is 0.493 e. The summed E-state index contributed by atoms with van der Waals surface area (Å²) in [7, 11) is 3.03. The van der Waals surface area contributed by atoms with Crippen molar-refractivity contribution < 1.29 is 24.0 Å². The standard InChI is InChI=1S/C20H17N3O6/c1-12-16(10-13-4-9-17(28-2)18(11-13)29-3)20(25)22(21-12)19(24)14-5-7-15(8-6-14)23(26)27/h4-11H,1-3H3/b16-10-. The molecule has 1 aliphatic heterocycles. The number of nitrogens with zero attached hydrogens (tertiary/aromatic N) is 3. The van der Waals surface area contributed by atoms with E-state index in [9.17, 15) is 19.7 Å². The SMILES string of the molecule is COc1ccc(/C=C2\C(=O)N(C(=O)c3ccc([N+](=O)[O-])cc3)N=C2C)cc1OC. The molecule has 0 saturated carbocycles. The Labute approximate surface area is 166 Å². The fraction of sp³-hybridized carbons (Fsp3) is 0.150. The molecule has 1 heterocycles. The quantitative estimate of drug-likeness (QED) is 0.333. The van der Waals surface area contributed by atoms with Gasteiger partial charge in [0.25, 0.3) is 17.5 Å². The van der Waals surface area contributed by atoms with E-state index in [2.05, 4.69) is 5.10 Å². The van der Waals surface area contributed by atoms with Crippen LogP contribution in [-0.4, -0.2) is 41.7 Å². The normalized spacial score (nSPS) is 14.7. The minimum Gasteiger partial charge on any atom is -0.493 e. The Kier molecular flexibility index (Phi) is 5.40. The Bertz CT molecular complexity index is 1060. The Morgan fingerprint density at radius 2 is 1.76 bits per heavy atom. The van der Waals surface area contributed by atoms with Crippen molar-refractivity contribution in [3.8, 4) is 11.5 Å². The summed E-state index contributed by atoms with van der Waals surface area (Å²) in [6.45, 7) is 1.62. The molecule has 0 unspecified atom stereocenters. The smallest absolute Gasteiger partial charge is 0.283 e. The van der Waals surface area contributed by atoms with Crippen LogP contribution in [0.15, 0.2) is 53.1 Å². The Morgan fingerprint density at radius 3 is 2.34 bits per heavy atom. The van der Waals surface area contributed by atoms with Crippen LogP contribution in [0.3, 0.4) is 0 Å². The van der Waals surface area contributed by atoms with Crippen LogP contribution in [0, 0.1) is 10.1 Å². The molecule has 0 spiro atoms. The summed E-state index contributed by atoms with van der Waals surface area (Å²) in [5.74, 6) is -0.200. The highest BCUT2D eigenvalue weighted by Gasteiger charge is 2.33. The van der Waals surface area contributed by atoms with E-state index in [-0.39, 0.29) is 16.8 Å². The van der Waals surface area contributed by atoms with E-state index in [0.29, 0.717) is 22.8 Å². The molecule has 0 saturated heterocycles. The summed E-state index contributed by atoms with van der Waals surface area (Å²) in [6.07, 6.45) is 1.60. The van der Waals surface area contributed by atoms with Crippen molar-refractivity contribution in [3.63, 3.8) is 0 Å². The van der Waals surface area contributed by atoms with E-state index in [4.69, 9.17) is 9.47 Å². The number of carbonyl (C=O) groups excluding carboxylic acids is 2. The first-order chi connectivity index (χ1) is 13.8. The van der Waals surface area contributed by atoms with E-state index in [1.165, 1.54) is 38.5 Å². The van der Waals surface area contributed by atoms with Gasteiger partial charge >= 0.3 is 0 Å². The van der Waals surface area contributed by atoms with Gasteiger partial charge in [0.1, 0.15) is 0 Å². The molecule has 9 nitrogen and oxygen atoms in total. The monoisotopic (exact) mass is 395 g/mol. The molecule has 0 N–H and O–H groups in total. The summed E-state index contributed by atoms with van der Waals surface area (Å²) >= 11 is 0. The molecule has 2 aromatic carbocycles. The second-order valence-electron chi connectivity index (χ2n) is 6.08. The van der Waals surface area contributed by atoms with Crippen LogP contribution in [0.5, 0.6) is 11.5 Å². The molecule has 0 bridgehead atoms. The predicted octanol–water partition coefficient (Wildman–Crippen LogP) is 3.05. The van der Waals surface area contributed by atoms with Crippen LogP contribution in [0.25, 0.3) is 6.08 Å². The molecule has 148 valence electrons. The third-order valence-corrected chi connectivity index (χ3v) is 4.30. The lowest BCUT2D eigenvalue weighted by Crippen LogP contribution is -2.29. The lowest BCUT2D eigenvalue weighted by Gasteiger charge is -2.10. The van der Waals surface area contributed by atoms with Crippen molar-refractivity contribution in [1.82, 2.24) is 5.01 Å². The maximum atomic E-state index is 12.7. The number of nitro groups is 1. The molecule has 0 atom stereocenters. The third-order valence-electron chi connectivity index (χ3n) is 4.30. The van der Waals surface area contributed by atoms with Crippen LogP contribution < -0.4 is 9.47 Å². The molecule has 0 aliphatic carbocycles. The van der Waals surface area contributed by atoms with Gasteiger partial charge in [-0.15, -0.1) is 0 Å². The molecular formula is C20H17N3O6. The van der Waals surface area contributed by atoms with Gasteiger partial charge < -0.3 is 9.47 Å². The van der Waals surface area contributed by atoms with E-state index >= 15 is 0 Å². The van der Waals surface area contributed by atoms with Crippen molar-refractivity contribution in [3.05, 3.63) is 69.3 Å². The summed E-state index contributed by atoms with van der Waals surface area (Å²) in [5.41, 5.74) is 1.27. The number of nitro benzene ring substituents is 1. The van der Waals surface area contributed by atoms with Crippen LogP contribution >= 0.6 is 0 Å². The average molecular weight is 395 g/mol. The average Bonchev–Trinajstić information content (AvgIpc) is 3.01. The highest BCUT2D eigenvalue weighted by atomic mass is 16.6. The molecule has 0 aromatic heterocycles. The van der Waals surface area contributed by atoms with Gasteiger partial charge in [0.2, 0.25) is 0 Å². The maximum absolute atomic E-state index is 12.7. The van der Waals surface area contributed by atoms with Crippen LogP contribution in [0.2, 0.25) is 0 Å². The number of non-ortho nitro benzene ring substituents is 1. The Balaban J connectivity index is 1.87. The minimum absolute atomic E-state index is 0.118. The Morgan fingerprint density at radius 1 is 1.10 bits per heavy atom. The molecule has 3 rings (SSSR count). The highest BCUT2D eigenvalue weighted by molar-refractivity contribution is 6.30. The van der Waals surface area contributed by atoms with Crippen molar-refractivity contribution in [1.29, 1.82) is 0 Å². The minimum atomic E-state index is -0.667. The first kappa shape index (κ1) is 19.7. The van der Waals surface area contributed by atoms with E-state index < -0.39 is 16.7 Å². The van der Waals surface area contributed by atoms with Crippen LogP contribution in [0.4, 0.5) is 5.69 Å². The number of imide groups is 1. The molecule has 0 fully saturated rings. The third kappa shape index (κ3) is 3.84. The van der Waals surface area contributed by atoms with Gasteiger partial charge in [-0.25, -0.2) is 0 Å². The zero-order chi connectivity index (χ0) is 21.1. The summed E-state index contributed by atoms with van der Waals surface area (Å²) in [5, 5.41) is 15.5. The zero-order valence-electron chi connectivity index (χ0n) is 15.9. The van der Waals surface area contributed by atoms with Crippen LogP contribution in [-0.2, 0) is 4.79 Å². The van der Waals surface area contributed by atoms with Crippen molar-refractivity contribution in [2.45, 2.75) is 6.92 Å². The van der Waals surface area contributed by atoms with Gasteiger partial charge in [-0.05, 0) is 42.8 Å². The lowest BCUT2D eigenvalue weighted by atomic mass is 10.1. The Hall–Kier alpha value is -4.01. The number of ether oxygens (including phenoxy) is 2. The number of hydrogen-bond acceptors (Lipinski definition) is 7. The second-order valence-corrected chi connectivity index (χ2v) is 6.08. The molecule has 9 heteroatoms. The molecule has 2 aromatic rings. The summed E-state index contributed by atoms with van der Waals surface area (Å²) in [4.78, 5) is 35.6. The van der Waals surface area contributed by atoms with Gasteiger partial charge in [-0.3, -0.25) is 19.7 Å². The van der Waals surface area contributed by atoms with Crippen LogP contribution in [0.1, 0.15) is 22.8 Å². The number of hydrazone groups is 1. The topological polar surface area (TPSA) is 111 Å². The van der Waals surface area contributed by atoms with E-state index in [1.807, 2.05) is 0 Å². The molecule has 1 aliphatic rings. The van der Waals surface area contributed by atoms with Gasteiger partial charge in [-0.1, -0.05) is 6.07 Å². The van der Waals surface area contributed by atoms with E-state index in [1.54, 1.807) is 31.2 Å². The summed E-state index contributed by atoms with van der Waals surface area (Å²) in [6, 6.07) is 10.1. The van der Waals surface area contributed by atoms with Crippen molar-refractivity contribution >= 4 is 29.3 Å². The van der Waals surface area contributed by atoms with Gasteiger partial charge in [0, 0.05) is 17.7 Å². The number of rotatable bonds is 5. The van der Waals surface area contributed by atoms with E-state index in [0.717, 1.165) is 5.01 Å². The van der Waals surface area contributed by atoms with Crippen molar-refractivity contribution in [2.75, 3.05) is 14.2 Å². The second kappa shape index (κ2) is 7.93. The first-order valence-corrected chi connectivity index (χ1v) is 8.48. The number of methoxy groups -OCH3 is 2. The number of amides is 2. The predicted molar refractivity (Wildman–Crippen MR) is 105 cm³/mol. The highest BCUT2D eigenvalue weighted by Crippen LogP contribution is 2.29. The summed E-state index contributed by atoms with van der Waals surface area (Å²) < 4.78 is 10.4. The number of hydrogen-bond donors (Lipinski definition) is 0. The van der Waals surface area contributed by atoms with Crippen molar-refractivity contribution in [2.24, 2.45) is 5.10 Å². The first-order valence-electron chi connectivity index (χ1n) is 8.48. The number of benzene rings is 2. The maximum Gasteiger partial charge on any atom is 0.283 e. The fourth-order valence-electron chi connectivity index (χ4n) is 2.78. The fourth-order valence-corrected chi connectivity index (χ4v) is 2.78. The van der Waals surface area contributed by atoms with Gasteiger partial charge in [0.15, 0.2) is 11.5 Å². The van der Waals surface area contributed by atoms with Gasteiger partial charge in [-0.2, -0.15) is 10.1 Å². The molecule has 2 amide bonds. The lowest BCUT2D eigenvalue weighted by molar-refractivity contribution is -0.384. The molecular weight excluding hydrogens is 378 g/mol. The van der Waals surface area contributed by atoms with Gasteiger partial charge in [0.05, 0.1) is 30.4 Å². The molecule has 0 radical (unpaired) electrons. The zero-order valence-corrected chi connectivity index (χ0v) is 15.9. The molecule has 29 heavy (non-hydrogen) atoms.